The fourth-order valence-corrected chi connectivity index (χ4v) is 3.36. The predicted molar refractivity (Wildman–Crippen MR) is 108 cm³/mol. The van der Waals surface area contributed by atoms with Crippen LogP contribution in [-0.4, -0.2) is 4.86 Å². The Morgan fingerprint density at radius 1 is 0.833 bits per heavy atom. The summed E-state index contributed by atoms with van der Waals surface area (Å²) in [6.07, 6.45) is 0. The Bertz CT molecular complexity index is 902. The largest absolute Gasteiger partial charge is 0.355 e. The summed E-state index contributed by atoms with van der Waals surface area (Å²) in [6.45, 7) is 4.13. The highest BCUT2D eigenvalue weighted by molar-refractivity contribution is 7.81. The number of rotatable bonds is 4. The molecule has 1 nitrogen and oxygen atoms in total. The van der Waals surface area contributed by atoms with Gasteiger partial charge in [0.15, 0.2) is 0 Å². The van der Waals surface area contributed by atoms with E-state index < -0.39 is 0 Å². The van der Waals surface area contributed by atoms with E-state index in [0.717, 1.165) is 32.9 Å². The van der Waals surface area contributed by atoms with Crippen molar-refractivity contribution in [1.29, 1.82) is 0 Å². The number of halogens is 1. The van der Waals surface area contributed by atoms with Gasteiger partial charge in [0.1, 0.15) is 0 Å². The summed E-state index contributed by atoms with van der Waals surface area (Å²) < 4.78 is 0. The Hall–Kier alpha value is -2.16. The molecule has 0 aliphatic rings. The highest BCUT2D eigenvalue weighted by Crippen LogP contribution is 2.27. The van der Waals surface area contributed by atoms with Crippen molar-refractivity contribution in [2.24, 2.45) is 0 Å². The van der Waals surface area contributed by atoms with Gasteiger partial charge in [0, 0.05) is 16.9 Å². The minimum Gasteiger partial charge on any atom is -0.355 e. The van der Waals surface area contributed by atoms with Gasteiger partial charge in [-0.1, -0.05) is 66.3 Å². The van der Waals surface area contributed by atoms with Gasteiger partial charge in [-0.15, -0.1) is 0 Å². The predicted octanol–water partition coefficient (Wildman–Crippen LogP) is 6.47. The fraction of sp³-hybridized carbons (Fsp3) is 0.0952. The molecule has 0 bridgehead atoms. The van der Waals surface area contributed by atoms with Crippen molar-refractivity contribution in [3.05, 3.63) is 94.0 Å². The lowest BCUT2D eigenvalue weighted by molar-refractivity contribution is 1.43. The molecule has 0 aliphatic carbocycles. The smallest absolute Gasteiger partial charge is 0.0539 e. The molecule has 0 fully saturated rings. The van der Waals surface area contributed by atoms with E-state index >= 15 is 0 Å². The molecule has 3 heteroatoms. The maximum Gasteiger partial charge on any atom is 0.0539 e. The second-order valence-corrected chi connectivity index (χ2v) is 6.59. The molecule has 0 aliphatic heterocycles. The lowest BCUT2D eigenvalue weighted by atomic mass is 10.00. The topological polar surface area (TPSA) is 12.0 Å². The van der Waals surface area contributed by atoms with E-state index in [4.69, 9.17) is 23.8 Å². The molecule has 0 aromatic heterocycles. The lowest BCUT2D eigenvalue weighted by Crippen LogP contribution is -2.03. The van der Waals surface area contributed by atoms with Crippen LogP contribution in [0.2, 0.25) is 5.02 Å². The number of benzene rings is 3. The highest BCUT2D eigenvalue weighted by Gasteiger charge is 2.11. The van der Waals surface area contributed by atoms with Crippen molar-refractivity contribution in [3.8, 4) is 0 Å². The minimum atomic E-state index is 0.654. The van der Waals surface area contributed by atoms with Gasteiger partial charge in [-0.3, -0.25) is 0 Å². The van der Waals surface area contributed by atoms with Crippen LogP contribution in [0, 0.1) is 13.8 Å². The quantitative estimate of drug-likeness (QED) is 0.427. The molecule has 0 unspecified atom stereocenters. The molecular weight excluding hydrogens is 334 g/mol. The summed E-state index contributed by atoms with van der Waals surface area (Å²) in [7, 11) is 0. The molecule has 3 aromatic rings. The summed E-state index contributed by atoms with van der Waals surface area (Å²) in [6, 6.07) is 22.2. The SMILES string of the molecule is Cc1ccccc1Nc1ccc(C(=S)c2ccccc2C)c(Cl)c1. The van der Waals surface area contributed by atoms with Crippen molar-refractivity contribution in [1.82, 2.24) is 0 Å². The van der Waals surface area contributed by atoms with E-state index in [9.17, 15) is 0 Å². The molecule has 0 saturated carbocycles. The Morgan fingerprint density at radius 2 is 1.50 bits per heavy atom. The van der Waals surface area contributed by atoms with Crippen molar-refractivity contribution in [3.63, 3.8) is 0 Å². The summed E-state index contributed by atoms with van der Waals surface area (Å²) in [5, 5.41) is 4.06. The van der Waals surface area contributed by atoms with E-state index in [1.54, 1.807) is 0 Å². The third kappa shape index (κ3) is 3.50. The number of thiocarbonyl (C=S) groups is 1. The fourth-order valence-electron chi connectivity index (χ4n) is 2.62. The molecule has 0 radical (unpaired) electrons. The van der Waals surface area contributed by atoms with Crippen LogP contribution in [0.4, 0.5) is 11.4 Å². The first kappa shape index (κ1) is 16.7. The van der Waals surface area contributed by atoms with E-state index in [2.05, 4.69) is 37.4 Å². The maximum absolute atomic E-state index is 6.51. The van der Waals surface area contributed by atoms with Crippen LogP contribution >= 0.6 is 23.8 Å². The molecule has 3 rings (SSSR count). The van der Waals surface area contributed by atoms with Crippen LogP contribution in [0.25, 0.3) is 0 Å². The van der Waals surface area contributed by atoms with Crippen LogP contribution in [0.1, 0.15) is 22.3 Å². The zero-order valence-electron chi connectivity index (χ0n) is 13.6. The molecule has 3 aromatic carbocycles. The van der Waals surface area contributed by atoms with Gasteiger partial charge in [0.2, 0.25) is 0 Å². The van der Waals surface area contributed by atoms with Crippen molar-refractivity contribution >= 4 is 40.1 Å². The number of aryl methyl sites for hydroxylation is 2. The standard InChI is InChI=1S/C21H18ClNS/c1-14-7-3-5-9-17(14)21(24)18-12-11-16(13-19(18)22)23-20-10-6-4-8-15(20)2/h3-13,23H,1-2H3. The van der Waals surface area contributed by atoms with Crippen molar-refractivity contribution < 1.29 is 0 Å². The van der Waals surface area contributed by atoms with Crippen LogP contribution < -0.4 is 5.32 Å². The van der Waals surface area contributed by atoms with Gasteiger partial charge >= 0.3 is 0 Å². The average Bonchev–Trinajstić information content (AvgIpc) is 2.57. The lowest BCUT2D eigenvalue weighted by Gasteiger charge is -2.13. The number of hydrogen-bond acceptors (Lipinski definition) is 2. The van der Waals surface area contributed by atoms with Crippen LogP contribution in [0.5, 0.6) is 0 Å². The van der Waals surface area contributed by atoms with Gasteiger partial charge in [0.25, 0.3) is 0 Å². The summed E-state index contributed by atoms with van der Waals surface area (Å²) in [5.41, 5.74) is 6.30. The molecule has 1 N–H and O–H groups in total. The molecular formula is C21H18ClNS. The number of anilines is 2. The second-order valence-electron chi connectivity index (χ2n) is 5.78. The Balaban J connectivity index is 1.89. The molecule has 120 valence electrons. The van der Waals surface area contributed by atoms with Crippen molar-refractivity contribution in [2.45, 2.75) is 13.8 Å². The highest BCUT2D eigenvalue weighted by atomic mass is 35.5. The molecule has 0 heterocycles. The maximum atomic E-state index is 6.51. The third-order valence-electron chi connectivity index (χ3n) is 4.03. The van der Waals surface area contributed by atoms with Crippen LogP contribution in [0.15, 0.2) is 66.7 Å². The van der Waals surface area contributed by atoms with Gasteiger partial charge < -0.3 is 5.32 Å². The summed E-state index contributed by atoms with van der Waals surface area (Å²) in [4.78, 5) is 0.778. The van der Waals surface area contributed by atoms with Gasteiger partial charge in [0.05, 0.1) is 9.89 Å². The van der Waals surface area contributed by atoms with Crippen molar-refractivity contribution in [2.75, 3.05) is 5.32 Å². The molecule has 24 heavy (non-hydrogen) atoms. The first-order chi connectivity index (χ1) is 11.6. The first-order valence-electron chi connectivity index (χ1n) is 7.79. The third-order valence-corrected chi connectivity index (χ3v) is 4.78. The van der Waals surface area contributed by atoms with E-state index in [0.29, 0.717) is 5.02 Å². The normalized spacial score (nSPS) is 10.5. The van der Waals surface area contributed by atoms with Crippen LogP contribution in [0.3, 0.4) is 0 Å². The molecule has 0 atom stereocenters. The second kappa shape index (κ2) is 7.16. The zero-order valence-corrected chi connectivity index (χ0v) is 15.2. The van der Waals surface area contributed by atoms with Gasteiger partial charge in [-0.25, -0.2) is 0 Å². The van der Waals surface area contributed by atoms with E-state index in [1.165, 1.54) is 5.56 Å². The minimum absolute atomic E-state index is 0.654. The van der Waals surface area contributed by atoms with E-state index in [-0.39, 0.29) is 0 Å². The Labute approximate surface area is 153 Å². The number of nitrogens with one attached hydrogen (secondary N) is 1. The summed E-state index contributed by atoms with van der Waals surface area (Å²) in [5.74, 6) is 0. The zero-order chi connectivity index (χ0) is 17.1. The molecule has 0 spiro atoms. The molecule has 0 amide bonds. The number of hydrogen-bond donors (Lipinski definition) is 1. The van der Waals surface area contributed by atoms with Crippen LogP contribution in [-0.2, 0) is 0 Å². The van der Waals surface area contributed by atoms with E-state index in [1.807, 2.05) is 48.5 Å². The Kier molecular flexibility index (Phi) is 4.98. The molecule has 0 saturated heterocycles. The Morgan fingerprint density at radius 3 is 2.17 bits per heavy atom. The van der Waals surface area contributed by atoms with Gasteiger partial charge in [-0.05, 0) is 54.8 Å². The number of para-hydroxylation sites is 1. The van der Waals surface area contributed by atoms with Gasteiger partial charge in [-0.2, -0.15) is 0 Å². The monoisotopic (exact) mass is 351 g/mol. The first-order valence-corrected chi connectivity index (χ1v) is 8.57. The average molecular weight is 352 g/mol. The summed E-state index contributed by atoms with van der Waals surface area (Å²) >= 11 is 12.2.